The van der Waals surface area contributed by atoms with Crippen molar-refractivity contribution in [2.24, 2.45) is 0 Å². The first-order valence-electron chi connectivity index (χ1n) is 5.47. The normalized spacial score (nSPS) is 12.4. The number of aliphatic carboxylic acids is 1. The van der Waals surface area contributed by atoms with Crippen LogP contribution in [0.25, 0.3) is 10.4 Å². The Labute approximate surface area is 105 Å². The molecule has 1 N–H and O–H groups in total. The minimum absolute atomic E-state index is 0.432. The maximum atomic E-state index is 10.9. The van der Waals surface area contributed by atoms with E-state index >= 15 is 0 Å². The summed E-state index contributed by atoms with van der Waals surface area (Å²) in [6, 6.07) is 12.1. The fraction of sp³-hybridized carbons (Fsp3) is 0.214. The van der Waals surface area contributed by atoms with Crippen LogP contribution in [0.1, 0.15) is 23.3 Å². The monoisotopic (exact) mass is 246 g/mol. The second-order valence-corrected chi connectivity index (χ2v) is 5.25. The molecule has 0 fully saturated rings. The lowest BCUT2D eigenvalue weighted by atomic mass is 10.1. The van der Waals surface area contributed by atoms with Gasteiger partial charge in [-0.1, -0.05) is 29.8 Å². The number of carboxylic acids is 1. The molecule has 0 aliphatic carbocycles. The van der Waals surface area contributed by atoms with E-state index in [-0.39, 0.29) is 0 Å². The van der Waals surface area contributed by atoms with E-state index in [1.165, 1.54) is 5.56 Å². The molecule has 1 unspecified atom stereocenters. The summed E-state index contributed by atoms with van der Waals surface area (Å²) >= 11 is 1.55. The Kier molecular flexibility index (Phi) is 3.29. The van der Waals surface area contributed by atoms with Crippen LogP contribution in [0.4, 0.5) is 0 Å². The van der Waals surface area contributed by atoms with Crippen LogP contribution in [0.3, 0.4) is 0 Å². The smallest absolute Gasteiger partial charge is 0.311 e. The van der Waals surface area contributed by atoms with Gasteiger partial charge in [0, 0.05) is 9.75 Å². The van der Waals surface area contributed by atoms with Crippen LogP contribution in [-0.2, 0) is 4.79 Å². The summed E-state index contributed by atoms with van der Waals surface area (Å²) in [5, 5.41) is 8.97. The molecule has 0 aliphatic heterocycles. The number of benzene rings is 1. The van der Waals surface area contributed by atoms with E-state index < -0.39 is 11.9 Å². The van der Waals surface area contributed by atoms with Crippen molar-refractivity contribution in [1.82, 2.24) is 0 Å². The van der Waals surface area contributed by atoms with Crippen LogP contribution in [0, 0.1) is 6.92 Å². The van der Waals surface area contributed by atoms with E-state index in [0.717, 1.165) is 15.3 Å². The van der Waals surface area contributed by atoms with E-state index in [1.54, 1.807) is 18.3 Å². The molecule has 88 valence electrons. The zero-order valence-electron chi connectivity index (χ0n) is 9.81. The summed E-state index contributed by atoms with van der Waals surface area (Å²) in [5.74, 6) is -1.21. The number of hydrogen-bond donors (Lipinski definition) is 1. The second kappa shape index (κ2) is 4.72. The van der Waals surface area contributed by atoms with Crippen LogP contribution in [0.2, 0.25) is 0 Å². The predicted molar refractivity (Wildman–Crippen MR) is 70.5 cm³/mol. The molecule has 0 radical (unpaired) electrons. The van der Waals surface area contributed by atoms with Gasteiger partial charge in [-0.05, 0) is 31.5 Å². The van der Waals surface area contributed by atoms with Crippen LogP contribution in [-0.4, -0.2) is 11.1 Å². The van der Waals surface area contributed by atoms with Crippen molar-refractivity contribution in [3.63, 3.8) is 0 Å². The standard InChI is InChI=1S/C14H14O2S/c1-9-4-3-5-11(8-9)13-7-6-12(17-13)10(2)14(15)16/h3-8,10H,1-2H3,(H,15,16). The van der Waals surface area contributed by atoms with Crippen molar-refractivity contribution >= 4 is 17.3 Å². The van der Waals surface area contributed by atoms with Crippen molar-refractivity contribution in [2.75, 3.05) is 0 Å². The van der Waals surface area contributed by atoms with Crippen LogP contribution in [0.15, 0.2) is 36.4 Å². The third kappa shape index (κ3) is 2.56. The number of carboxylic acid groups (broad SMARTS) is 1. The molecule has 0 saturated carbocycles. The Bertz CT molecular complexity index is 543. The van der Waals surface area contributed by atoms with Crippen molar-refractivity contribution < 1.29 is 9.90 Å². The van der Waals surface area contributed by atoms with Crippen LogP contribution in [0.5, 0.6) is 0 Å². The Morgan fingerprint density at radius 1 is 1.29 bits per heavy atom. The summed E-state index contributed by atoms with van der Waals surface area (Å²) in [4.78, 5) is 12.9. The van der Waals surface area contributed by atoms with Gasteiger partial charge >= 0.3 is 5.97 Å². The molecular weight excluding hydrogens is 232 g/mol. The summed E-state index contributed by atoms with van der Waals surface area (Å²) in [6.45, 7) is 3.77. The highest BCUT2D eigenvalue weighted by Crippen LogP contribution is 2.32. The number of thiophene rings is 1. The van der Waals surface area contributed by atoms with E-state index in [1.807, 2.05) is 24.3 Å². The molecule has 0 spiro atoms. The third-order valence-corrected chi connectivity index (χ3v) is 4.04. The van der Waals surface area contributed by atoms with Gasteiger partial charge in [0.2, 0.25) is 0 Å². The molecule has 2 aromatic rings. The van der Waals surface area contributed by atoms with Crippen molar-refractivity contribution in [3.8, 4) is 10.4 Å². The van der Waals surface area contributed by atoms with Gasteiger partial charge in [0.05, 0.1) is 5.92 Å². The SMILES string of the molecule is Cc1cccc(-c2ccc(C(C)C(=O)O)s2)c1. The zero-order chi connectivity index (χ0) is 12.4. The van der Waals surface area contributed by atoms with Gasteiger partial charge in [0.15, 0.2) is 0 Å². The fourth-order valence-corrected chi connectivity index (χ4v) is 2.71. The number of hydrogen-bond acceptors (Lipinski definition) is 2. The predicted octanol–water partition coefficient (Wildman–Crippen LogP) is 3.91. The first-order chi connectivity index (χ1) is 8.08. The average Bonchev–Trinajstić information content (AvgIpc) is 2.77. The zero-order valence-corrected chi connectivity index (χ0v) is 10.6. The highest BCUT2D eigenvalue weighted by atomic mass is 32.1. The highest BCUT2D eigenvalue weighted by Gasteiger charge is 2.16. The molecule has 2 rings (SSSR count). The number of carbonyl (C=O) groups is 1. The quantitative estimate of drug-likeness (QED) is 0.891. The molecule has 1 aromatic carbocycles. The molecule has 0 amide bonds. The van der Waals surface area contributed by atoms with Gasteiger partial charge < -0.3 is 5.11 Å². The minimum Gasteiger partial charge on any atom is -0.481 e. The topological polar surface area (TPSA) is 37.3 Å². The van der Waals surface area contributed by atoms with Gasteiger partial charge in [-0.15, -0.1) is 11.3 Å². The van der Waals surface area contributed by atoms with E-state index in [4.69, 9.17) is 5.11 Å². The van der Waals surface area contributed by atoms with Gasteiger partial charge in [-0.25, -0.2) is 0 Å². The summed E-state index contributed by atoms with van der Waals surface area (Å²) < 4.78 is 0. The maximum absolute atomic E-state index is 10.9. The lowest BCUT2D eigenvalue weighted by Crippen LogP contribution is -2.04. The second-order valence-electron chi connectivity index (χ2n) is 4.13. The summed E-state index contributed by atoms with van der Waals surface area (Å²) in [7, 11) is 0. The molecule has 3 heteroatoms. The van der Waals surface area contributed by atoms with Crippen molar-refractivity contribution in [2.45, 2.75) is 19.8 Å². The fourth-order valence-electron chi connectivity index (χ4n) is 1.66. The summed E-state index contributed by atoms with van der Waals surface area (Å²) in [5.41, 5.74) is 2.36. The maximum Gasteiger partial charge on any atom is 0.311 e. The first-order valence-corrected chi connectivity index (χ1v) is 6.29. The lowest BCUT2D eigenvalue weighted by molar-refractivity contribution is -0.138. The van der Waals surface area contributed by atoms with E-state index in [0.29, 0.717) is 0 Å². The van der Waals surface area contributed by atoms with Gasteiger partial charge in [-0.3, -0.25) is 4.79 Å². The van der Waals surface area contributed by atoms with Crippen LogP contribution < -0.4 is 0 Å². The number of aryl methyl sites for hydroxylation is 1. The van der Waals surface area contributed by atoms with Gasteiger partial charge in [0.25, 0.3) is 0 Å². The molecule has 0 bridgehead atoms. The highest BCUT2D eigenvalue weighted by molar-refractivity contribution is 7.15. The van der Waals surface area contributed by atoms with E-state index in [9.17, 15) is 4.79 Å². The Morgan fingerprint density at radius 3 is 2.71 bits per heavy atom. The average molecular weight is 246 g/mol. The molecule has 0 saturated heterocycles. The lowest BCUT2D eigenvalue weighted by Gasteiger charge is -2.02. The molecule has 1 atom stereocenters. The Hall–Kier alpha value is -1.61. The molecule has 2 nitrogen and oxygen atoms in total. The molecular formula is C14H14O2S. The minimum atomic E-state index is -0.775. The van der Waals surface area contributed by atoms with E-state index in [2.05, 4.69) is 19.1 Å². The largest absolute Gasteiger partial charge is 0.481 e. The molecule has 1 heterocycles. The third-order valence-electron chi connectivity index (χ3n) is 2.73. The Morgan fingerprint density at radius 2 is 2.06 bits per heavy atom. The molecule has 1 aromatic heterocycles. The summed E-state index contributed by atoms with van der Waals surface area (Å²) in [6.07, 6.45) is 0. The molecule has 0 aliphatic rings. The van der Waals surface area contributed by atoms with Gasteiger partial charge in [0.1, 0.15) is 0 Å². The van der Waals surface area contributed by atoms with Crippen LogP contribution >= 0.6 is 11.3 Å². The number of rotatable bonds is 3. The van der Waals surface area contributed by atoms with Crippen molar-refractivity contribution in [3.05, 3.63) is 46.8 Å². The first kappa shape index (κ1) is 11.9. The Balaban J connectivity index is 2.33. The van der Waals surface area contributed by atoms with Gasteiger partial charge in [-0.2, -0.15) is 0 Å². The molecule has 17 heavy (non-hydrogen) atoms. The van der Waals surface area contributed by atoms with Crippen molar-refractivity contribution in [1.29, 1.82) is 0 Å².